The third-order valence-corrected chi connectivity index (χ3v) is 5.87. The van der Waals surface area contributed by atoms with Gasteiger partial charge in [-0.3, -0.25) is 9.78 Å². The number of imide groups is 1. The van der Waals surface area contributed by atoms with Crippen LogP contribution in [0.1, 0.15) is 12.5 Å². The van der Waals surface area contributed by atoms with Crippen molar-refractivity contribution in [2.45, 2.75) is 36.1 Å². The Morgan fingerprint density at radius 3 is 2.16 bits per heavy atom. The number of carboxylic acid groups (broad SMARTS) is 1. The van der Waals surface area contributed by atoms with Crippen molar-refractivity contribution in [1.82, 2.24) is 9.88 Å². The van der Waals surface area contributed by atoms with Crippen LogP contribution in [-0.4, -0.2) is 50.6 Å². The number of anilines is 1. The van der Waals surface area contributed by atoms with Crippen LogP contribution < -0.4 is 4.90 Å². The number of halogens is 6. The van der Waals surface area contributed by atoms with E-state index < -0.39 is 35.6 Å². The second-order valence-corrected chi connectivity index (χ2v) is 8.73. The summed E-state index contributed by atoms with van der Waals surface area (Å²) in [5, 5.41) is 8.01. The number of alkyl halides is 6. The maximum atomic E-state index is 13.0. The maximum Gasteiger partial charge on any atom is 0.490 e. The summed E-state index contributed by atoms with van der Waals surface area (Å²) in [5.41, 5.74) is -2.52. The summed E-state index contributed by atoms with van der Waals surface area (Å²) in [7, 11) is 0. The van der Waals surface area contributed by atoms with Gasteiger partial charge < -0.3 is 10.0 Å². The first-order valence-corrected chi connectivity index (χ1v) is 11.1. The normalized spacial score (nSPS) is 16.1. The lowest BCUT2D eigenvalue weighted by atomic mass is 10.1. The fraction of sp³-hybridized carbons (Fsp3) is 0.217. The highest BCUT2D eigenvalue weighted by Crippen LogP contribution is 2.38. The van der Waals surface area contributed by atoms with Gasteiger partial charge in [-0.05, 0) is 60.6 Å². The lowest BCUT2D eigenvalue weighted by Crippen LogP contribution is -2.33. The van der Waals surface area contributed by atoms with Crippen molar-refractivity contribution in [2.24, 2.45) is 0 Å². The van der Waals surface area contributed by atoms with Gasteiger partial charge in [0.15, 0.2) is 0 Å². The second kappa shape index (κ2) is 10.7. The van der Waals surface area contributed by atoms with Gasteiger partial charge in [0.25, 0.3) is 5.91 Å². The van der Waals surface area contributed by atoms with Crippen molar-refractivity contribution in [3.05, 3.63) is 66.4 Å². The minimum absolute atomic E-state index is 0.0153. The first-order valence-electron chi connectivity index (χ1n) is 10.3. The topological polar surface area (TPSA) is 90.8 Å². The number of urea groups is 1. The van der Waals surface area contributed by atoms with E-state index in [1.807, 2.05) is 24.3 Å². The Morgan fingerprint density at radius 1 is 1.00 bits per heavy atom. The molecule has 37 heavy (non-hydrogen) atoms. The summed E-state index contributed by atoms with van der Waals surface area (Å²) in [6.45, 7) is 1.85. The van der Waals surface area contributed by atoms with E-state index in [-0.39, 0.29) is 28.9 Å². The van der Waals surface area contributed by atoms with Crippen LogP contribution in [0.25, 0.3) is 10.9 Å². The minimum atomic E-state index is -5.08. The van der Waals surface area contributed by atoms with Crippen molar-refractivity contribution in [3.63, 3.8) is 0 Å². The summed E-state index contributed by atoms with van der Waals surface area (Å²) < 4.78 is 69.3. The van der Waals surface area contributed by atoms with Crippen molar-refractivity contribution in [1.29, 1.82) is 0 Å². The lowest BCUT2D eigenvalue weighted by Gasteiger charge is -2.20. The summed E-state index contributed by atoms with van der Waals surface area (Å²) in [6.07, 6.45) is -3.43. The Balaban J connectivity index is 0.000000479. The zero-order valence-electron chi connectivity index (χ0n) is 18.7. The standard InChI is InChI=1S/C21H16F3N3O2S.C2HF3O2/c1-13-19(28)27(15-6-8-16(9-7-15)30-21(22,23)24)20(29)26(13)12-14-10-11-25-18-5-3-2-4-17(14)18;3-2(4,5)1(6)7/h2-11,13H,12H2,1H3;(H,6,7)/t13-;/m1./s1. The molecule has 0 radical (unpaired) electrons. The van der Waals surface area contributed by atoms with E-state index in [0.29, 0.717) is 0 Å². The number of carbonyl (C=O) groups is 3. The monoisotopic (exact) mass is 545 g/mol. The predicted octanol–water partition coefficient (Wildman–Crippen LogP) is 5.84. The molecule has 1 aliphatic rings. The molecule has 0 aliphatic carbocycles. The summed E-state index contributed by atoms with van der Waals surface area (Å²) in [4.78, 5) is 41.4. The van der Waals surface area contributed by atoms with Crippen LogP contribution in [0.3, 0.4) is 0 Å². The fourth-order valence-corrected chi connectivity index (χ4v) is 3.96. The molecule has 1 fully saturated rings. The number of pyridine rings is 1. The third kappa shape index (κ3) is 6.70. The predicted molar refractivity (Wildman–Crippen MR) is 122 cm³/mol. The molecule has 2 heterocycles. The molecule has 0 spiro atoms. The smallest absolute Gasteiger partial charge is 0.475 e. The second-order valence-electron chi connectivity index (χ2n) is 7.59. The molecule has 3 aromatic rings. The molecular weight excluding hydrogens is 528 g/mol. The quantitative estimate of drug-likeness (QED) is 0.252. The molecule has 14 heteroatoms. The zero-order valence-corrected chi connectivity index (χ0v) is 19.6. The number of hydrogen-bond acceptors (Lipinski definition) is 5. The van der Waals surface area contributed by atoms with Gasteiger partial charge in [0, 0.05) is 23.0 Å². The number of hydrogen-bond donors (Lipinski definition) is 1. The van der Waals surface area contributed by atoms with Gasteiger partial charge in [-0.2, -0.15) is 26.3 Å². The zero-order chi connectivity index (χ0) is 27.5. The molecule has 2 aromatic carbocycles. The molecule has 0 bridgehead atoms. The summed E-state index contributed by atoms with van der Waals surface area (Å²) in [6, 6.07) is 13.3. The average Bonchev–Trinajstić information content (AvgIpc) is 3.02. The highest BCUT2D eigenvalue weighted by Gasteiger charge is 2.43. The molecule has 4 rings (SSSR count). The average molecular weight is 545 g/mol. The maximum absolute atomic E-state index is 13.0. The Kier molecular flexibility index (Phi) is 8.00. The number of amides is 3. The van der Waals surface area contributed by atoms with Crippen LogP contribution in [-0.2, 0) is 16.1 Å². The number of carboxylic acids is 1. The molecule has 7 nitrogen and oxygen atoms in total. The Bertz CT molecular complexity index is 1310. The van der Waals surface area contributed by atoms with Gasteiger partial charge >= 0.3 is 23.7 Å². The van der Waals surface area contributed by atoms with Crippen molar-refractivity contribution in [2.75, 3.05) is 4.90 Å². The third-order valence-electron chi connectivity index (χ3n) is 5.13. The van der Waals surface area contributed by atoms with E-state index in [0.717, 1.165) is 21.4 Å². The molecule has 1 aromatic heterocycles. The number of nitrogens with zero attached hydrogens (tertiary/aromatic N) is 3. The van der Waals surface area contributed by atoms with E-state index in [1.165, 1.54) is 29.2 Å². The molecule has 3 amide bonds. The molecule has 1 N–H and O–H groups in total. The highest BCUT2D eigenvalue weighted by atomic mass is 32.2. The largest absolute Gasteiger partial charge is 0.490 e. The SMILES string of the molecule is C[C@@H]1C(=O)N(c2ccc(SC(F)(F)F)cc2)C(=O)N1Cc1ccnc2ccccc12.O=C(O)C(F)(F)F. The molecule has 1 atom stereocenters. The number of para-hydroxylation sites is 1. The number of thioether (sulfide) groups is 1. The van der Waals surface area contributed by atoms with Gasteiger partial charge in [0.05, 0.1) is 11.2 Å². The van der Waals surface area contributed by atoms with Crippen molar-refractivity contribution in [3.8, 4) is 0 Å². The molecule has 0 unspecified atom stereocenters. The number of aliphatic carboxylic acids is 1. The molecule has 1 aliphatic heterocycles. The van der Waals surface area contributed by atoms with Crippen LogP contribution in [0.5, 0.6) is 0 Å². The molecule has 196 valence electrons. The van der Waals surface area contributed by atoms with Crippen molar-refractivity contribution < 1.29 is 45.8 Å². The number of aromatic nitrogens is 1. The van der Waals surface area contributed by atoms with Gasteiger partial charge in [-0.25, -0.2) is 14.5 Å². The lowest BCUT2D eigenvalue weighted by molar-refractivity contribution is -0.192. The van der Waals surface area contributed by atoms with Crippen LogP contribution in [0.15, 0.2) is 65.7 Å². The summed E-state index contributed by atoms with van der Waals surface area (Å²) >= 11 is -0.247. The number of rotatable bonds is 4. The molecule has 0 saturated carbocycles. The van der Waals surface area contributed by atoms with Gasteiger partial charge in [0.1, 0.15) is 6.04 Å². The van der Waals surface area contributed by atoms with E-state index in [1.54, 1.807) is 19.2 Å². The van der Waals surface area contributed by atoms with Crippen molar-refractivity contribution >= 4 is 46.3 Å². The van der Waals surface area contributed by atoms with E-state index in [4.69, 9.17) is 9.90 Å². The first kappa shape index (κ1) is 27.8. The van der Waals surface area contributed by atoms with Crippen LogP contribution in [0.2, 0.25) is 0 Å². The highest BCUT2D eigenvalue weighted by molar-refractivity contribution is 8.00. The number of benzene rings is 2. The Morgan fingerprint density at radius 2 is 1.59 bits per heavy atom. The van der Waals surface area contributed by atoms with Gasteiger partial charge in [-0.1, -0.05) is 18.2 Å². The van der Waals surface area contributed by atoms with Crippen LogP contribution in [0, 0.1) is 0 Å². The van der Waals surface area contributed by atoms with E-state index in [9.17, 15) is 35.9 Å². The van der Waals surface area contributed by atoms with Crippen LogP contribution in [0.4, 0.5) is 36.8 Å². The minimum Gasteiger partial charge on any atom is -0.475 e. The summed E-state index contributed by atoms with van der Waals surface area (Å²) in [5.74, 6) is -3.18. The van der Waals surface area contributed by atoms with Gasteiger partial charge in [0.2, 0.25) is 0 Å². The Hall–Kier alpha value is -3.81. The van der Waals surface area contributed by atoms with E-state index >= 15 is 0 Å². The number of fused-ring (bicyclic) bond motifs is 1. The number of carbonyl (C=O) groups excluding carboxylic acids is 2. The van der Waals surface area contributed by atoms with Crippen LogP contribution >= 0.6 is 11.8 Å². The molecular formula is C23H17F6N3O4S. The fourth-order valence-electron chi connectivity index (χ4n) is 3.42. The molecule has 1 saturated heterocycles. The first-order chi connectivity index (χ1) is 17.2. The van der Waals surface area contributed by atoms with E-state index in [2.05, 4.69) is 4.98 Å². The Labute approximate surface area is 209 Å². The van der Waals surface area contributed by atoms with Gasteiger partial charge in [-0.15, -0.1) is 0 Å².